The van der Waals surface area contributed by atoms with Crippen LogP contribution < -0.4 is 21.4 Å². The zero-order valence-corrected chi connectivity index (χ0v) is 17.0. The number of aromatic nitrogens is 4. The molecule has 0 spiro atoms. The second kappa shape index (κ2) is 8.38. The van der Waals surface area contributed by atoms with Crippen molar-refractivity contribution in [3.63, 3.8) is 0 Å². The van der Waals surface area contributed by atoms with Crippen molar-refractivity contribution in [2.75, 3.05) is 18.9 Å². The van der Waals surface area contributed by atoms with Crippen molar-refractivity contribution in [2.24, 2.45) is 0 Å². The smallest absolute Gasteiger partial charge is 0.146 e. The van der Waals surface area contributed by atoms with E-state index in [2.05, 4.69) is 27.5 Å². The molecule has 0 aliphatic carbocycles. The van der Waals surface area contributed by atoms with Gasteiger partial charge in [-0.05, 0) is 43.2 Å². The highest BCUT2D eigenvalue weighted by Gasteiger charge is 2.21. The zero-order valence-electron chi connectivity index (χ0n) is 17.0. The van der Waals surface area contributed by atoms with Crippen molar-refractivity contribution in [1.82, 2.24) is 24.6 Å². The summed E-state index contributed by atoms with van der Waals surface area (Å²) >= 11 is 0. The number of ether oxygens (including phenoxy) is 1. The molecule has 0 saturated carbocycles. The van der Waals surface area contributed by atoms with Crippen LogP contribution in [0.15, 0.2) is 61.3 Å². The van der Waals surface area contributed by atoms with Gasteiger partial charge in [-0.3, -0.25) is 10.1 Å². The molecule has 1 aliphatic rings. The Hall–Kier alpha value is -3.65. The van der Waals surface area contributed by atoms with Gasteiger partial charge in [-0.15, -0.1) is 0 Å². The third-order valence-electron chi connectivity index (χ3n) is 5.11. The summed E-state index contributed by atoms with van der Waals surface area (Å²) in [5.74, 6) is 7.57. The fraction of sp³-hybridized carbons (Fsp3) is 0.227. The van der Waals surface area contributed by atoms with Gasteiger partial charge in [0, 0.05) is 37.5 Å². The van der Waals surface area contributed by atoms with E-state index >= 15 is 0 Å². The van der Waals surface area contributed by atoms with E-state index in [1.807, 2.05) is 42.9 Å². The number of aryl methyl sites for hydroxylation is 2. The SMILES string of the molecule is Cc1ccc(Oc2ccn(N)c(=N)c2)c(C)c1.c1ncc2c(C3CNC3)ccn2n1. The lowest BCUT2D eigenvalue weighted by Gasteiger charge is -2.26. The summed E-state index contributed by atoms with van der Waals surface area (Å²) in [5.41, 5.74) is 4.96. The van der Waals surface area contributed by atoms with Crippen LogP contribution in [0, 0.1) is 19.3 Å². The molecule has 1 saturated heterocycles. The van der Waals surface area contributed by atoms with Crippen molar-refractivity contribution >= 4 is 5.52 Å². The van der Waals surface area contributed by atoms with E-state index in [4.69, 9.17) is 16.0 Å². The number of rotatable bonds is 3. The summed E-state index contributed by atoms with van der Waals surface area (Å²) in [6, 6.07) is 11.4. The van der Waals surface area contributed by atoms with E-state index in [1.165, 1.54) is 15.8 Å². The maximum atomic E-state index is 7.57. The Morgan fingerprint density at radius 1 is 1.13 bits per heavy atom. The first kappa shape index (κ1) is 19.7. The van der Waals surface area contributed by atoms with Gasteiger partial charge >= 0.3 is 0 Å². The topological polar surface area (TPSA) is 106 Å². The van der Waals surface area contributed by atoms with Crippen molar-refractivity contribution in [3.8, 4) is 11.5 Å². The van der Waals surface area contributed by atoms with Crippen molar-refractivity contribution < 1.29 is 4.74 Å². The Bertz CT molecular complexity index is 1220. The predicted octanol–water partition coefficient (Wildman–Crippen LogP) is 2.51. The summed E-state index contributed by atoms with van der Waals surface area (Å²) in [6.07, 6.45) is 7.03. The lowest BCUT2D eigenvalue weighted by molar-refractivity contribution is 0.451. The monoisotopic (exact) mass is 403 g/mol. The minimum Gasteiger partial charge on any atom is -0.457 e. The molecule has 154 valence electrons. The third kappa shape index (κ3) is 4.18. The Labute approximate surface area is 174 Å². The third-order valence-corrected chi connectivity index (χ3v) is 5.11. The molecule has 0 atom stereocenters. The summed E-state index contributed by atoms with van der Waals surface area (Å²) in [5, 5.41) is 15.0. The largest absolute Gasteiger partial charge is 0.457 e. The molecule has 8 heteroatoms. The van der Waals surface area contributed by atoms with Crippen LogP contribution >= 0.6 is 0 Å². The number of fused-ring (bicyclic) bond motifs is 1. The van der Waals surface area contributed by atoms with Gasteiger partial charge in [-0.2, -0.15) is 5.10 Å². The van der Waals surface area contributed by atoms with Crippen LogP contribution in [-0.2, 0) is 0 Å². The van der Waals surface area contributed by atoms with Crippen LogP contribution in [-0.4, -0.2) is 32.4 Å². The average Bonchev–Trinajstić information content (AvgIpc) is 3.10. The number of nitrogens with one attached hydrogen (secondary N) is 2. The normalized spacial score (nSPS) is 13.4. The van der Waals surface area contributed by atoms with E-state index in [9.17, 15) is 0 Å². The summed E-state index contributed by atoms with van der Waals surface area (Å²) < 4.78 is 8.82. The minimum absolute atomic E-state index is 0.201. The number of hydrogen-bond donors (Lipinski definition) is 3. The number of nitrogens with zero attached hydrogens (tertiary/aromatic N) is 4. The van der Waals surface area contributed by atoms with Crippen LogP contribution in [0.5, 0.6) is 11.5 Å². The van der Waals surface area contributed by atoms with E-state index in [0.29, 0.717) is 11.7 Å². The van der Waals surface area contributed by atoms with Crippen molar-refractivity contribution in [3.05, 3.63) is 83.5 Å². The molecule has 1 aromatic carbocycles. The first-order valence-electron chi connectivity index (χ1n) is 9.77. The first-order chi connectivity index (χ1) is 14.5. The molecule has 0 amide bonds. The molecule has 30 heavy (non-hydrogen) atoms. The van der Waals surface area contributed by atoms with E-state index in [0.717, 1.165) is 29.9 Å². The van der Waals surface area contributed by atoms with Gasteiger partial charge in [0.05, 0.1) is 11.7 Å². The summed E-state index contributed by atoms with van der Waals surface area (Å²) in [6.45, 7) is 6.19. The van der Waals surface area contributed by atoms with Gasteiger partial charge < -0.3 is 15.9 Å². The lowest BCUT2D eigenvalue weighted by Crippen LogP contribution is -2.39. The summed E-state index contributed by atoms with van der Waals surface area (Å²) in [7, 11) is 0. The van der Waals surface area contributed by atoms with Crippen LogP contribution in [0.4, 0.5) is 0 Å². The van der Waals surface area contributed by atoms with E-state index in [-0.39, 0.29) is 5.49 Å². The number of benzene rings is 1. The highest BCUT2D eigenvalue weighted by atomic mass is 16.5. The van der Waals surface area contributed by atoms with E-state index < -0.39 is 0 Å². The Morgan fingerprint density at radius 3 is 2.67 bits per heavy atom. The summed E-state index contributed by atoms with van der Waals surface area (Å²) in [4.78, 5) is 4.03. The molecule has 0 bridgehead atoms. The number of pyridine rings is 1. The zero-order chi connectivity index (χ0) is 21.1. The van der Waals surface area contributed by atoms with Gasteiger partial charge in [0.15, 0.2) is 0 Å². The molecule has 4 heterocycles. The molecule has 1 fully saturated rings. The molecule has 0 unspecified atom stereocenters. The van der Waals surface area contributed by atoms with Crippen LogP contribution in [0.3, 0.4) is 0 Å². The van der Waals surface area contributed by atoms with Crippen molar-refractivity contribution in [2.45, 2.75) is 19.8 Å². The van der Waals surface area contributed by atoms with Crippen LogP contribution in [0.1, 0.15) is 22.6 Å². The van der Waals surface area contributed by atoms with Crippen LogP contribution in [0.2, 0.25) is 0 Å². The molecule has 4 aromatic rings. The second-order valence-corrected chi connectivity index (χ2v) is 7.39. The van der Waals surface area contributed by atoms with Gasteiger partial charge in [0.25, 0.3) is 0 Å². The van der Waals surface area contributed by atoms with Crippen molar-refractivity contribution in [1.29, 1.82) is 5.41 Å². The highest BCUT2D eigenvalue weighted by molar-refractivity contribution is 5.55. The van der Waals surface area contributed by atoms with Crippen LogP contribution in [0.25, 0.3) is 5.52 Å². The number of nitrogen functional groups attached to an aromatic ring is 1. The lowest BCUT2D eigenvalue weighted by atomic mass is 9.95. The fourth-order valence-electron chi connectivity index (χ4n) is 3.32. The molecule has 0 radical (unpaired) electrons. The molecule has 5 rings (SSSR count). The highest BCUT2D eigenvalue weighted by Crippen LogP contribution is 2.25. The molecule has 3 aromatic heterocycles. The maximum absolute atomic E-state index is 7.57. The van der Waals surface area contributed by atoms with E-state index in [1.54, 1.807) is 24.7 Å². The Balaban J connectivity index is 0.000000150. The van der Waals surface area contributed by atoms with Gasteiger partial charge in [-0.1, -0.05) is 17.7 Å². The molecule has 1 aliphatic heterocycles. The number of hydrogen-bond acceptors (Lipinski definition) is 6. The van der Waals surface area contributed by atoms with Gasteiger partial charge in [0.2, 0.25) is 0 Å². The molecule has 4 N–H and O–H groups in total. The molecule has 8 nitrogen and oxygen atoms in total. The minimum atomic E-state index is 0.201. The Morgan fingerprint density at radius 2 is 1.97 bits per heavy atom. The average molecular weight is 403 g/mol. The fourth-order valence-corrected chi connectivity index (χ4v) is 3.32. The quantitative estimate of drug-likeness (QED) is 0.456. The number of nitrogens with two attached hydrogens (primary N) is 1. The maximum Gasteiger partial charge on any atom is 0.146 e. The van der Waals surface area contributed by atoms with Gasteiger partial charge in [-0.25, -0.2) is 9.50 Å². The molecular weight excluding hydrogens is 378 g/mol. The van der Waals surface area contributed by atoms with Gasteiger partial charge in [0.1, 0.15) is 23.3 Å². The molecular formula is C22H25N7O. The second-order valence-electron chi connectivity index (χ2n) is 7.39. The standard InChI is InChI=1S/C13H15N3O.C9H10N4/c1-9-3-4-12(10(2)7-9)17-11-5-6-16(15)13(14)8-11;1-2-13-9(5-11-6-12-13)8(1)7-3-10-4-7/h3-8,14H,15H2,1-2H3;1-2,5-7,10H,3-4H2. The Kier molecular flexibility index (Phi) is 5.49. The predicted molar refractivity (Wildman–Crippen MR) is 115 cm³/mol. The first-order valence-corrected chi connectivity index (χ1v) is 9.77.